The van der Waals surface area contributed by atoms with E-state index in [1.807, 2.05) is 23.1 Å². The van der Waals surface area contributed by atoms with Gasteiger partial charge in [-0.1, -0.05) is 50.6 Å². The van der Waals surface area contributed by atoms with Crippen molar-refractivity contribution in [3.05, 3.63) is 68.7 Å². The molecule has 2 aromatic rings. The normalized spacial score (nSPS) is 22.5. The second-order valence-electron chi connectivity index (χ2n) is 10.7. The molecular weight excluding hydrogens is 470 g/mol. The molecular formula is C26H30ClN3O5. The first-order valence-electron chi connectivity index (χ1n) is 11.7. The van der Waals surface area contributed by atoms with E-state index >= 15 is 0 Å². The zero-order valence-electron chi connectivity index (χ0n) is 20.2. The number of nitro benzene ring substituents is 1. The van der Waals surface area contributed by atoms with E-state index in [0.29, 0.717) is 23.8 Å². The molecule has 2 aliphatic rings. The van der Waals surface area contributed by atoms with Crippen LogP contribution < -0.4 is 5.32 Å². The number of non-ortho nitro benzene ring substituents is 1. The Bertz CT molecular complexity index is 1170. The maximum absolute atomic E-state index is 13.0. The predicted octanol–water partition coefficient (Wildman–Crippen LogP) is 5.44. The minimum Gasteiger partial charge on any atom is -0.452 e. The average molecular weight is 500 g/mol. The van der Waals surface area contributed by atoms with E-state index < -0.39 is 17.5 Å². The van der Waals surface area contributed by atoms with Gasteiger partial charge >= 0.3 is 5.97 Å². The molecule has 1 saturated heterocycles. The Labute approximate surface area is 209 Å². The van der Waals surface area contributed by atoms with Crippen molar-refractivity contribution >= 4 is 34.9 Å². The Morgan fingerprint density at radius 1 is 1.20 bits per heavy atom. The SMILES string of the molecule is CC1(C)C[C@H]2C[C@](C)(CN2C(=O)COC(=O)c2cc([N+](=O)[O-])ccc2NCc2ccccc2Cl)C1. The monoisotopic (exact) mass is 499 g/mol. The van der Waals surface area contributed by atoms with E-state index in [1.165, 1.54) is 12.1 Å². The molecule has 1 heterocycles. The number of anilines is 1. The number of halogens is 1. The molecule has 1 saturated carbocycles. The number of esters is 1. The van der Waals surface area contributed by atoms with Crippen LogP contribution in [-0.4, -0.2) is 40.9 Å². The number of likely N-dealkylation sites (tertiary alicyclic amines) is 1. The van der Waals surface area contributed by atoms with Crippen LogP contribution in [0.5, 0.6) is 0 Å². The summed E-state index contributed by atoms with van der Waals surface area (Å²) in [4.78, 5) is 38.5. The lowest BCUT2D eigenvalue weighted by Crippen LogP contribution is -2.39. The zero-order chi connectivity index (χ0) is 25.4. The summed E-state index contributed by atoms with van der Waals surface area (Å²) in [7, 11) is 0. The lowest BCUT2D eigenvalue weighted by Gasteiger charge is -2.39. The smallest absolute Gasteiger partial charge is 0.341 e. The van der Waals surface area contributed by atoms with Crippen LogP contribution in [0.1, 0.15) is 56.0 Å². The van der Waals surface area contributed by atoms with Gasteiger partial charge in [0.1, 0.15) is 0 Å². The van der Waals surface area contributed by atoms with Crippen LogP contribution >= 0.6 is 11.6 Å². The summed E-state index contributed by atoms with van der Waals surface area (Å²) in [6.07, 6.45) is 2.93. The second kappa shape index (κ2) is 9.49. The van der Waals surface area contributed by atoms with Gasteiger partial charge in [0.2, 0.25) is 0 Å². The van der Waals surface area contributed by atoms with Gasteiger partial charge in [0.25, 0.3) is 11.6 Å². The number of amides is 1. The number of nitrogens with zero attached hydrogens (tertiary/aromatic N) is 2. The number of rotatable bonds is 7. The fourth-order valence-corrected chi connectivity index (χ4v) is 6.04. The number of carbonyl (C=O) groups is 2. The van der Waals surface area contributed by atoms with Gasteiger partial charge in [-0.2, -0.15) is 0 Å². The lowest BCUT2D eigenvalue weighted by molar-refractivity contribution is -0.384. The molecule has 2 bridgehead atoms. The van der Waals surface area contributed by atoms with Crippen LogP contribution in [0.25, 0.3) is 0 Å². The predicted molar refractivity (Wildman–Crippen MR) is 133 cm³/mol. The van der Waals surface area contributed by atoms with Gasteiger partial charge in [-0.05, 0) is 47.8 Å². The number of fused-ring (bicyclic) bond motifs is 2. The maximum atomic E-state index is 13.0. The van der Waals surface area contributed by atoms with Crippen LogP contribution in [0.4, 0.5) is 11.4 Å². The van der Waals surface area contributed by atoms with Crippen molar-refractivity contribution < 1.29 is 19.2 Å². The van der Waals surface area contributed by atoms with E-state index in [9.17, 15) is 19.7 Å². The van der Waals surface area contributed by atoms with Crippen LogP contribution in [-0.2, 0) is 16.1 Å². The third kappa shape index (κ3) is 5.59. The van der Waals surface area contributed by atoms with Crippen molar-refractivity contribution in [1.29, 1.82) is 0 Å². The van der Waals surface area contributed by atoms with E-state index in [0.717, 1.165) is 30.9 Å². The van der Waals surface area contributed by atoms with E-state index in [1.54, 1.807) is 6.07 Å². The molecule has 0 radical (unpaired) electrons. The summed E-state index contributed by atoms with van der Waals surface area (Å²) in [5.41, 5.74) is 1.15. The van der Waals surface area contributed by atoms with E-state index in [2.05, 4.69) is 26.1 Å². The number of benzene rings is 2. The molecule has 8 nitrogen and oxygen atoms in total. The molecule has 1 N–H and O–H groups in total. The van der Waals surface area contributed by atoms with E-state index in [-0.39, 0.29) is 34.0 Å². The first kappa shape index (κ1) is 25.0. The van der Waals surface area contributed by atoms with Gasteiger partial charge in [-0.3, -0.25) is 14.9 Å². The standard InChI is InChI=1S/C26H30ClN3O5/c1-25(2)11-19-12-26(3,15-25)16-29(19)23(31)14-35-24(32)20-10-18(30(33)34)8-9-22(20)28-13-17-6-4-5-7-21(17)27/h4-10,19,28H,11-16H2,1-3H3/t19-,26-/m0/s1. The minimum atomic E-state index is -0.794. The molecule has 4 rings (SSSR count). The molecule has 9 heteroatoms. The number of carbonyl (C=O) groups excluding carboxylic acids is 2. The van der Waals surface area contributed by atoms with Crippen molar-refractivity contribution in [2.45, 2.75) is 52.6 Å². The third-order valence-electron chi connectivity index (χ3n) is 6.92. The highest BCUT2D eigenvalue weighted by molar-refractivity contribution is 6.31. The number of hydrogen-bond acceptors (Lipinski definition) is 6. The molecule has 1 aliphatic heterocycles. The zero-order valence-corrected chi connectivity index (χ0v) is 20.9. The fourth-order valence-electron chi connectivity index (χ4n) is 5.84. The summed E-state index contributed by atoms with van der Waals surface area (Å²) >= 11 is 6.21. The van der Waals surface area contributed by atoms with Crippen molar-refractivity contribution in [3.63, 3.8) is 0 Å². The molecule has 186 valence electrons. The second-order valence-corrected chi connectivity index (χ2v) is 11.2. The molecule has 0 spiro atoms. The van der Waals surface area contributed by atoms with Crippen molar-refractivity contribution in [2.75, 3.05) is 18.5 Å². The largest absolute Gasteiger partial charge is 0.452 e. The quantitative estimate of drug-likeness (QED) is 0.309. The molecule has 1 aliphatic carbocycles. The average Bonchev–Trinajstić information content (AvgIpc) is 3.05. The molecule has 0 aromatic heterocycles. The number of hydrogen-bond donors (Lipinski definition) is 1. The number of ether oxygens (including phenoxy) is 1. The summed E-state index contributed by atoms with van der Waals surface area (Å²) in [5, 5.41) is 15.0. The van der Waals surface area contributed by atoms with Gasteiger partial charge in [-0.15, -0.1) is 0 Å². The number of nitro groups is 1. The first-order chi connectivity index (χ1) is 16.5. The Balaban J connectivity index is 1.46. The molecule has 2 fully saturated rings. The number of nitrogens with one attached hydrogen (secondary N) is 1. The minimum absolute atomic E-state index is 0.00712. The molecule has 35 heavy (non-hydrogen) atoms. The van der Waals surface area contributed by atoms with Crippen molar-refractivity contribution in [3.8, 4) is 0 Å². The molecule has 2 atom stereocenters. The van der Waals surface area contributed by atoms with Crippen LogP contribution in [0.2, 0.25) is 5.02 Å². The Hall–Kier alpha value is -3.13. The first-order valence-corrected chi connectivity index (χ1v) is 12.1. The van der Waals surface area contributed by atoms with Gasteiger partial charge in [0, 0.05) is 42.0 Å². The van der Waals surface area contributed by atoms with Crippen LogP contribution in [0.15, 0.2) is 42.5 Å². The summed E-state index contributed by atoms with van der Waals surface area (Å²) in [6, 6.07) is 11.3. The fraction of sp³-hybridized carbons (Fsp3) is 0.462. The third-order valence-corrected chi connectivity index (χ3v) is 7.29. The molecule has 0 unspecified atom stereocenters. The van der Waals surface area contributed by atoms with Crippen molar-refractivity contribution in [1.82, 2.24) is 4.90 Å². The summed E-state index contributed by atoms with van der Waals surface area (Å²) < 4.78 is 5.37. The van der Waals surface area contributed by atoms with Gasteiger partial charge in [0.15, 0.2) is 6.61 Å². The Kier molecular flexibility index (Phi) is 6.77. The van der Waals surface area contributed by atoms with Crippen molar-refractivity contribution in [2.24, 2.45) is 10.8 Å². The van der Waals surface area contributed by atoms with Crippen LogP contribution in [0.3, 0.4) is 0 Å². The van der Waals surface area contributed by atoms with Gasteiger partial charge in [0.05, 0.1) is 10.5 Å². The van der Waals surface area contributed by atoms with Crippen LogP contribution in [0, 0.1) is 20.9 Å². The Morgan fingerprint density at radius 2 is 1.94 bits per heavy atom. The summed E-state index contributed by atoms with van der Waals surface area (Å²) in [5.74, 6) is -1.03. The topological polar surface area (TPSA) is 102 Å². The maximum Gasteiger partial charge on any atom is 0.341 e. The molecule has 1 amide bonds. The lowest BCUT2D eigenvalue weighted by atomic mass is 9.65. The highest BCUT2D eigenvalue weighted by Gasteiger charge is 2.51. The Morgan fingerprint density at radius 3 is 2.66 bits per heavy atom. The van der Waals surface area contributed by atoms with Gasteiger partial charge in [-0.25, -0.2) is 4.79 Å². The highest BCUT2D eigenvalue weighted by atomic mass is 35.5. The van der Waals surface area contributed by atoms with Gasteiger partial charge < -0.3 is 15.0 Å². The van der Waals surface area contributed by atoms with E-state index in [4.69, 9.17) is 16.3 Å². The molecule has 2 aromatic carbocycles. The summed E-state index contributed by atoms with van der Waals surface area (Å²) in [6.45, 7) is 7.22. The highest BCUT2D eigenvalue weighted by Crippen LogP contribution is 2.52.